The number of fused-ring (bicyclic) bond motifs is 1. The molecule has 1 atom stereocenters. The number of nitrogens with zero attached hydrogens (tertiary/aromatic N) is 1. The highest BCUT2D eigenvalue weighted by atomic mass is 32.2. The molecule has 1 aromatic heterocycles. The minimum Gasteiger partial charge on any atom is -0.325 e. The van der Waals surface area contributed by atoms with Gasteiger partial charge in [-0.2, -0.15) is 0 Å². The summed E-state index contributed by atoms with van der Waals surface area (Å²) < 4.78 is 2.16. The standard InChI is InChI=1S/C13H15N3OS2/c1-18-13-16-9-5-4-8(7-11(9)19-13)15-12(17)10-3-2-6-14-10/h4-5,7,10,14H,2-3,6H2,1H3,(H,15,17)/t10-/m0/s1. The van der Waals surface area contributed by atoms with Crippen LogP contribution in [0.2, 0.25) is 0 Å². The van der Waals surface area contributed by atoms with Gasteiger partial charge in [0, 0.05) is 5.69 Å². The van der Waals surface area contributed by atoms with E-state index in [0.717, 1.165) is 39.6 Å². The number of anilines is 1. The van der Waals surface area contributed by atoms with Crippen molar-refractivity contribution in [2.75, 3.05) is 18.1 Å². The maximum absolute atomic E-state index is 12.0. The lowest BCUT2D eigenvalue weighted by molar-refractivity contribution is -0.117. The Labute approximate surface area is 120 Å². The molecule has 1 aromatic carbocycles. The first-order valence-electron chi connectivity index (χ1n) is 6.25. The molecule has 0 bridgehead atoms. The Balaban J connectivity index is 1.78. The fourth-order valence-electron chi connectivity index (χ4n) is 2.21. The molecule has 1 aliphatic rings. The highest BCUT2D eigenvalue weighted by Gasteiger charge is 2.21. The first-order chi connectivity index (χ1) is 9.26. The summed E-state index contributed by atoms with van der Waals surface area (Å²) in [7, 11) is 0. The van der Waals surface area contributed by atoms with E-state index in [1.165, 1.54) is 0 Å². The van der Waals surface area contributed by atoms with Crippen molar-refractivity contribution in [2.24, 2.45) is 0 Å². The van der Waals surface area contributed by atoms with E-state index in [2.05, 4.69) is 15.6 Å². The molecule has 1 saturated heterocycles. The predicted octanol–water partition coefficient (Wildman–Crippen LogP) is 2.71. The third-order valence-electron chi connectivity index (χ3n) is 3.19. The van der Waals surface area contributed by atoms with Gasteiger partial charge in [0.05, 0.1) is 16.3 Å². The second-order valence-electron chi connectivity index (χ2n) is 4.50. The maximum atomic E-state index is 12.0. The molecule has 0 aliphatic carbocycles. The van der Waals surface area contributed by atoms with Crippen molar-refractivity contribution in [1.82, 2.24) is 10.3 Å². The van der Waals surface area contributed by atoms with Crippen LogP contribution >= 0.6 is 23.1 Å². The van der Waals surface area contributed by atoms with Crippen LogP contribution in [0.25, 0.3) is 10.2 Å². The lowest BCUT2D eigenvalue weighted by atomic mass is 10.2. The van der Waals surface area contributed by atoms with Gasteiger partial charge in [0.1, 0.15) is 0 Å². The van der Waals surface area contributed by atoms with Gasteiger partial charge in [0.25, 0.3) is 0 Å². The summed E-state index contributed by atoms with van der Waals surface area (Å²) >= 11 is 3.30. The molecule has 2 N–H and O–H groups in total. The largest absolute Gasteiger partial charge is 0.325 e. The molecule has 19 heavy (non-hydrogen) atoms. The number of thioether (sulfide) groups is 1. The SMILES string of the molecule is CSc1nc2ccc(NC(=O)[C@@H]3CCCN3)cc2s1. The predicted molar refractivity (Wildman–Crippen MR) is 81.1 cm³/mol. The molecule has 1 aliphatic heterocycles. The number of rotatable bonds is 3. The van der Waals surface area contributed by atoms with Crippen LogP contribution in [-0.4, -0.2) is 29.7 Å². The van der Waals surface area contributed by atoms with E-state index in [-0.39, 0.29) is 11.9 Å². The number of hydrogen-bond donors (Lipinski definition) is 2. The minimum absolute atomic E-state index is 0.0427. The van der Waals surface area contributed by atoms with E-state index >= 15 is 0 Å². The summed E-state index contributed by atoms with van der Waals surface area (Å²) in [5.41, 5.74) is 1.84. The molecule has 2 heterocycles. The first kappa shape index (κ1) is 12.9. The normalized spacial score (nSPS) is 18.9. The van der Waals surface area contributed by atoms with E-state index in [4.69, 9.17) is 0 Å². The molecule has 3 rings (SSSR count). The van der Waals surface area contributed by atoms with Gasteiger partial charge in [-0.05, 0) is 43.8 Å². The zero-order valence-electron chi connectivity index (χ0n) is 10.6. The molecule has 0 spiro atoms. The Hall–Kier alpha value is -1.11. The number of aromatic nitrogens is 1. The summed E-state index contributed by atoms with van der Waals surface area (Å²) in [4.78, 5) is 16.5. The van der Waals surface area contributed by atoms with E-state index in [1.807, 2.05) is 24.5 Å². The van der Waals surface area contributed by atoms with Crippen molar-refractivity contribution >= 4 is 44.9 Å². The van der Waals surface area contributed by atoms with Gasteiger partial charge < -0.3 is 10.6 Å². The smallest absolute Gasteiger partial charge is 0.241 e. The highest BCUT2D eigenvalue weighted by Crippen LogP contribution is 2.30. The molecule has 1 amide bonds. The molecule has 1 fully saturated rings. The van der Waals surface area contributed by atoms with Gasteiger partial charge in [-0.3, -0.25) is 4.79 Å². The van der Waals surface area contributed by atoms with Gasteiger partial charge in [-0.1, -0.05) is 11.8 Å². The Morgan fingerprint density at radius 2 is 2.47 bits per heavy atom. The second kappa shape index (κ2) is 5.48. The van der Waals surface area contributed by atoms with Crippen LogP contribution in [0.4, 0.5) is 5.69 Å². The number of thiazole rings is 1. The molecular formula is C13H15N3OS2. The Bertz CT molecular complexity index is 605. The van der Waals surface area contributed by atoms with Crippen LogP contribution in [0.5, 0.6) is 0 Å². The van der Waals surface area contributed by atoms with Crippen LogP contribution < -0.4 is 10.6 Å². The van der Waals surface area contributed by atoms with Crippen molar-refractivity contribution in [1.29, 1.82) is 0 Å². The molecule has 6 heteroatoms. The number of benzene rings is 1. The molecule has 0 unspecified atom stereocenters. The monoisotopic (exact) mass is 293 g/mol. The highest BCUT2D eigenvalue weighted by molar-refractivity contribution is 8.00. The molecule has 4 nitrogen and oxygen atoms in total. The quantitative estimate of drug-likeness (QED) is 0.854. The maximum Gasteiger partial charge on any atom is 0.241 e. The lowest BCUT2D eigenvalue weighted by Crippen LogP contribution is -2.35. The topological polar surface area (TPSA) is 54.0 Å². The van der Waals surface area contributed by atoms with E-state index < -0.39 is 0 Å². The van der Waals surface area contributed by atoms with E-state index in [9.17, 15) is 4.79 Å². The Morgan fingerprint density at radius 1 is 1.58 bits per heavy atom. The van der Waals surface area contributed by atoms with E-state index in [1.54, 1.807) is 23.1 Å². The number of carbonyl (C=O) groups is 1. The molecular weight excluding hydrogens is 278 g/mol. The van der Waals surface area contributed by atoms with Crippen molar-refractivity contribution in [3.63, 3.8) is 0 Å². The third kappa shape index (κ3) is 2.75. The summed E-state index contributed by atoms with van der Waals surface area (Å²) in [6, 6.07) is 5.83. The second-order valence-corrected chi connectivity index (χ2v) is 6.59. The first-order valence-corrected chi connectivity index (χ1v) is 8.29. The van der Waals surface area contributed by atoms with Gasteiger partial charge in [-0.15, -0.1) is 11.3 Å². The average Bonchev–Trinajstić information content (AvgIpc) is 3.07. The van der Waals surface area contributed by atoms with Gasteiger partial charge in [0.2, 0.25) is 5.91 Å². The van der Waals surface area contributed by atoms with Gasteiger partial charge in [-0.25, -0.2) is 4.98 Å². The van der Waals surface area contributed by atoms with Crippen LogP contribution in [0.15, 0.2) is 22.5 Å². The fourth-order valence-corrected chi connectivity index (χ4v) is 3.73. The summed E-state index contributed by atoms with van der Waals surface area (Å²) in [6.07, 6.45) is 4.01. The number of carbonyl (C=O) groups excluding carboxylic acids is 1. The van der Waals surface area contributed by atoms with Crippen LogP contribution in [-0.2, 0) is 4.79 Å². The van der Waals surface area contributed by atoms with Crippen LogP contribution in [0.1, 0.15) is 12.8 Å². The summed E-state index contributed by atoms with van der Waals surface area (Å²) in [5, 5.41) is 6.18. The molecule has 2 aromatic rings. The zero-order valence-corrected chi connectivity index (χ0v) is 12.2. The van der Waals surface area contributed by atoms with Crippen LogP contribution in [0.3, 0.4) is 0 Å². The number of amides is 1. The van der Waals surface area contributed by atoms with E-state index in [0.29, 0.717) is 0 Å². The van der Waals surface area contributed by atoms with Crippen molar-refractivity contribution in [2.45, 2.75) is 23.2 Å². The lowest BCUT2D eigenvalue weighted by Gasteiger charge is -2.10. The molecule has 100 valence electrons. The van der Waals surface area contributed by atoms with Gasteiger partial charge >= 0.3 is 0 Å². The minimum atomic E-state index is -0.0427. The fraction of sp³-hybridized carbons (Fsp3) is 0.385. The molecule has 0 radical (unpaired) electrons. The number of nitrogens with one attached hydrogen (secondary N) is 2. The average molecular weight is 293 g/mol. The Morgan fingerprint density at radius 3 is 3.21 bits per heavy atom. The van der Waals surface area contributed by atoms with Crippen LogP contribution in [0, 0.1) is 0 Å². The zero-order chi connectivity index (χ0) is 13.2. The van der Waals surface area contributed by atoms with Crippen molar-refractivity contribution in [3.8, 4) is 0 Å². The summed E-state index contributed by atoms with van der Waals surface area (Å²) in [6.45, 7) is 0.934. The molecule has 0 saturated carbocycles. The van der Waals surface area contributed by atoms with Crippen molar-refractivity contribution in [3.05, 3.63) is 18.2 Å². The number of hydrogen-bond acceptors (Lipinski definition) is 5. The van der Waals surface area contributed by atoms with Crippen molar-refractivity contribution < 1.29 is 4.79 Å². The Kier molecular flexibility index (Phi) is 3.72. The summed E-state index contributed by atoms with van der Waals surface area (Å²) in [5.74, 6) is 0.0615. The van der Waals surface area contributed by atoms with Gasteiger partial charge in [0.15, 0.2) is 4.34 Å². The third-order valence-corrected chi connectivity index (χ3v) is 5.19.